The first-order chi connectivity index (χ1) is 8.16. The van der Waals surface area contributed by atoms with E-state index in [2.05, 4.69) is 36.2 Å². The fraction of sp³-hybridized carbons (Fsp3) is 0.571. The number of anilines is 1. The first kappa shape index (κ1) is 12.4. The zero-order valence-electron chi connectivity index (χ0n) is 10.7. The lowest BCUT2D eigenvalue weighted by atomic mass is 10.1. The van der Waals surface area contributed by atoms with Crippen LogP contribution in [0.3, 0.4) is 0 Å². The van der Waals surface area contributed by atoms with Crippen LogP contribution in [0.15, 0.2) is 24.3 Å². The molecule has 1 heterocycles. The van der Waals surface area contributed by atoms with E-state index < -0.39 is 0 Å². The van der Waals surface area contributed by atoms with E-state index in [4.69, 9.17) is 10.5 Å². The Kier molecular flexibility index (Phi) is 4.02. The maximum absolute atomic E-state index is 5.84. The van der Waals surface area contributed by atoms with E-state index in [1.807, 2.05) is 6.92 Å². The summed E-state index contributed by atoms with van der Waals surface area (Å²) in [6.07, 6.45) is 2.78. The van der Waals surface area contributed by atoms with E-state index in [0.717, 1.165) is 13.2 Å². The predicted molar refractivity (Wildman–Crippen MR) is 71.3 cm³/mol. The van der Waals surface area contributed by atoms with Gasteiger partial charge in [0.2, 0.25) is 0 Å². The van der Waals surface area contributed by atoms with Gasteiger partial charge in [0.05, 0.1) is 6.10 Å². The van der Waals surface area contributed by atoms with Crippen LogP contribution < -0.4 is 10.6 Å². The summed E-state index contributed by atoms with van der Waals surface area (Å²) in [7, 11) is 2.11. The molecule has 1 aromatic carbocycles. The van der Waals surface area contributed by atoms with Crippen molar-refractivity contribution in [2.24, 2.45) is 5.73 Å². The predicted octanol–water partition coefficient (Wildman–Crippen LogP) is 2.32. The Labute approximate surface area is 104 Å². The number of hydrogen-bond donors (Lipinski definition) is 1. The molecule has 3 heteroatoms. The zero-order chi connectivity index (χ0) is 12.3. The van der Waals surface area contributed by atoms with E-state index in [9.17, 15) is 0 Å². The fourth-order valence-corrected chi connectivity index (χ4v) is 2.23. The molecule has 1 fully saturated rings. The van der Waals surface area contributed by atoms with Gasteiger partial charge in [-0.15, -0.1) is 0 Å². The molecule has 0 spiro atoms. The van der Waals surface area contributed by atoms with E-state index in [1.54, 1.807) is 0 Å². The zero-order valence-corrected chi connectivity index (χ0v) is 10.7. The second kappa shape index (κ2) is 5.52. The third-order valence-corrected chi connectivity index (χ3v) is 3.36. The van der Waals surface area contributed by atoms with Crippen molar-refractivity contribution in [1.29, 1.82) is 0 Å². The summed E-state index contributed by atoms with van der Waals surface area (Å²) in [5.74, 6) is 0. The van der Waals surface area contributed by atoms with Crippen molar-refractivity contribution in [3.8, 4) is 0 Å². The molecular weight excluding hydrogens is 212 g/mol. The van der Waals surface area contributed by atoms with Gasteiger partial charge in [0.25, 0.3) is 0 Å². The minimum Gasteiger partial charge on any atom is -0.376 e. The summed E-state index contributed by atoms with van der Waals surface area (Å²) in [6.45, 7) is 3.89. The van der Waals surface area contributed by atoms with Gasteiger partial charge in [-0.3, -0.25) is 0 Å². The van der Waals surface area contributed by atoms with Crippen molar-refractivity contribution in [1.82, 2.24) is 0 Å². The van der Waals surface area contributed by atoms with Gasteiger partial charge < -0.3 is 15.4 Å². The third-order valence-electron chi connectivity index (χ3n) is 3.36. The Morgan fingerprint density at radius 2 is 2.12 bits per heavy atom. The lowest BCUT2D eigenvalue weighted by Crippen LogP contribution is -2.28. The highest BCUT2D eigenvalue weighted by atomic mass is 16.5. The van der Waals surface area contributed by atoms with Gasteiger partial charge in [0.1, 0.15) is 0 Å². The largest absolute Gasteiger partial charge is 0.376 e. The van der Waals surface area contributed by atoms with E-state index in [1.165, 1.54) is 24.1 Å². The standard InChI is InChI=1S/C14H22N2O/c1-11(15)12-5-7-13(8-6-12)16(2)10-14-4-3-9-17-14/h5-8,11,14H,3-4,9-10,15H2,1-2H3/t11-,14?/m1/s1. The first-order valence-electron chi connectivity index (χ1n) is 6.35. The van der Waals surface area contributed by atoms with Crippen LogP contribution in [0.25, 0.3) is 0 Å². The van der Waals surface area contributed by atoms with Crippen molar-refractivity contribution >= 4 is 5.69 Å². The Morgan fingerprint density at radius 1 is 1.41 bits per heavy atom. The summed E-state index contributed by atoms with van der Waals surface area (Å²) in [5, 5.41) is 0. The van der Waals surface area contributed by atoms with E-state index >= 15 is 0 Å². The maximum atomic E-state index is 5.84. The highest BCUT2D eigenvalue weighted by Crippen LogP contribution is 2.20. The molecule has 2 atom stereocenters. The smallest absolute Gasteiger partial charge is 0.0750 e. The number of likely N-dealkylation sites (N-methyl/N-ethyl adjacent to an activating group) is 1. The Bertz CT molecular complexity index is 342. The molecular formula is C14H22N2O. The Hall–Kier alpha value is -1.06. The van der Waals surface area contributed by atoms with Crippen molar-refractivity contribution in [3.05, 3.63) is 29.8 Å². The van der Waals surface area contributed by atoms with Gasteiger partial charge in [0.15, 0.2) is 0 Å². The summed E-state index contributed by atoms with van der Waals surface area (Å²) in [6, 6.07) is 8.58. The molecule has 1 unspecified atom stereocenters. The molecule has 94 valence electrons. The third kappa shape index (κ3) is 3.20. The summed E-state index contributed by atoms with van der Waals surface area (Å²) >= 11 is 0. The van der Waals surface area contributed by atoms with Crippen molar-refractivity contribution in [2.75, 3.05) is 25.1 Å². The SMILES string of the molecule is C[C@@H](N)c1ccc(N(C)CC2CCCO2)cc1. The molecule has 1 aliphatic heterocycles. The molecule has 0 amide bonds. The van der Waals surface area contributed by atoms with Crippen LogP contribution in [0.4, 0.5) is 5.69 Å². The number of ether oxygens (including phenoxy) is 1. The van der Waals surface area contributed by atoms with Crippen LogP contribution in [0, 0.1) is 0 Å². The molecule has 1 saturated heterocycles. The Balaban J connectivity index is 1.96. The van der Waals surface area contributed by atoms with Crippen LogP contribution in [-0.4, -0.2) is 26.3 Å². The Morgan fingerprint density at radius 3 is 2.65 bits per heavy atom. The van der Waals surface area contributed by atoms with E-state index in [0.29, 0.717) is 6.10 Å². The number of benzene rings is 1. The molecule has 0 aromatic heterocycles. The normalized spacial score (nSPS) is 21.5. The monoisotopic (exact) mass is 234 g/mol. The molecule has 2 rings (SSSR count). The molecule has 0 radical (unpaired) electrons. The summed E-state index contributed by atoms with van der Waals surface area (Å²) in [4.78, 5) is 2.25. The highest BCUT2D eigenvalue weighted by molar-refractivity contribution is 5.47. The van der Waals surface area contributed by atoms with Crippen LogP contribution in [-0.2, 0) is 4.74 Å². The highest BCUT2D eigenvalue weighted by Gasteiger charge is 2.17. The van der Waals surface area contributed by atoms with Gasteiger partial charge in [0, 0.05) is 31.9 Å². The van der Waals surface area contributed by atoms with Crippen LogP contribution >= 0.6 is 0 Å². The minimum atomic E-state index is 0.104. The van der Waals surface area contributed by atoms with Gasteiger partial charge in [-0.25, -0.2) is 0 Å². The molecule has 0 saturated carbocycles. The summed E-state index contributed by atoms with van der Waals surface area (Å²) in [5.41, 5.74) is 8.24. The lowest BCUT2D eigenvalue weighted by Gasteiger charge is -2.23. The first-order valence-corrected chi connectivity index (χ1v) is 6.35. The van der Waals surface area contributed by atoms with Crippen molar-refractivity contribution < 1.29 is 4.74 Å². The van der Waals surface area contributed by atoms with Gasteiger partial charge in [-0.1, -0.05) is 12.1 Å². The second-order valence-electron chi connectivity index (χ2n) is 4.90. The van der Waals surface area contributed by atoms with Crippen LogP contribution in [0.1, 0.15) is 31.4 Å². The maximum Gasteiger partial charge on any atom is 0.0750 e. The van der Waals surface area contributed by atoms with E-state index in [-0.39, 0.29) is 6.04 Å². The molecule has 3 nitrogen and oxygen atoms in total. The quantitative estimate of drug-likeness (QED) is 0.869. The molecule has 0 aliphatic carbocycles. The van der Waals surface area contributed by atoms with Crippen LogP contribution in [0.5, 0.6) is 0 Å². The van der Waals surface area contributed by atoms with Gasteiger partial charge >= 0.3 is 0 Å². The molecule has 1 aliphatic rings. The number of nitrogens with two attached hydrogens (primary N) is 1. The van der Waals surface area contributed by atoms with Crippen molar-refractivity contribution in [3.63, 3.8) is 0 Å². The minimum absolute atomic E-state index is 0.104. The second-order valence-corrected chi connectivity index (χ2v) is 4.90. The van der Waals surface area contributed by atoms with Crippen LogP contribution in [0.2, 0.25) is 0 Å². The topological polar surface area (TPSA) is 38.5 Å². The molecule has 2 N–H and O–H groups in total. The van der Waals surface area contributed by atoms with Gasteiger partial charge in [-0.2, -0.15) is 0 Å². The molecule has 17 heavy (non-hydrogen) atoms. The fourth-order valence-electron chi connectivity index (χ4n) is 2.23. The lowest BCUT2D eigenvalue weighted by molar-refractivity contribution is 0.116. The average Bonchev–Trinajstić information content (AvgIpc) is 2.82. The van der Waals surface area contributed by atoms with Gasteiger partial charge in [-0.05, 0) is 37.5 Å². The molecule has 0 bridgehead atoms. The average molecular weight is 234 g/mol. The summed E-state index contributed by atoms with van der Waals surface area (Å²) < 4.78 is 5.65. The molecule has 1 aromatic rings. The number of rotatable bonds is 4. The van der Waals surface area contributed by atoms with Crippen molar-refractivity contribution in [2.45, 2.75) is 31.9 Å². The number of nitrogens with zero attached hydrogens (tertiary/aromatic N) is 1. The number of hydrogen-bond acceptors (Lipinski definition) is 3.